The zero-order chi connectivity index (χ0) is 23.8. The van der Waals surface area contributed by atoms with Crippen molar-refractivity contribution in [2.24, 2.45) is 0 Å². The molecule has 8 nitrogen and oxygen atoms in total. The number of nitrogens with one attached hydrogen (secondary N) is 2. The fourth-order valence-electron chi connectivity index (χ4n) is 3.88. The van der Waals surface area contributed by atoms with Crippen LogP contribution in [-0.2, 0) is 21.2 Å². The zero-order valence-corrected chi connectivity index (χ0v) is 20.3. The Morgan fingerprint density at radius 2 is 1.76 bits per heavy atom. The Bertz CT molecular complexity index is 1030. The van der Waals surface area contributed by atoms with Crippen molar-refractivity contribution in [1.82, 2.24) is 10.2 Å². The van der Waals surface area contributed by atoms with Crippen LogP contribution in [-0.4, -0.2) is 76.0 Å². The van der Waals surface area contributed by atoms with Gasteiger partial charge in [-0.3, -0.25) is 9.52 Å². The standard InChI is InChI=1S/C23H31ClN4O4S/c1-33(31,32)26-20-5-2-3-6-22(20)27-12-14-28(15-13-27)23(30)21(25-11-4-16-29)17-18-7-9-19(24)10-8-18/h2-3,5-10,21,25-26,29H,4,11-17H2,1H3/t21-/m1/s1. The molecule has 1 saturated heterocycles. The molecule has 0 aromatic heterocycles. The molecule has 0 bridgehead atoms. The number of carbonyl (C=O) groups excluding carboxylic acids is 1. The molecule has 1 heterocycles. The van der Waals surface area contributed by atoms with Crippen LogP contribution in [0.3, 0.4) is 0 Å². The number of hydrogen-bond donors (Lipinski definition) is 3. The largest absolute Gasteiger partial charge is 0.396 e. The molecular weight excluding hydrogens is 464 g/mol. The van der Waals surface area contributed by atoms with Crippen LogP contribution in [0.1, 0.15) is 12.0 Å². The summed E-state index contributed by atoms with van der Waals surface area (Å²) in [7, 11) is -3.39. The van der Waals surface area contributed by atoms with Crippen LogP contribution in [0.5, 0.6) is 0 Å². The topological polar surface area (TPSA) is 102 Å². The molecule has 3 N–H and O–H groups in total. The van der Waals surface area contributed by atoms with Crippen LogP contribution in [0.2, 0.25) is 5.02 Å². The zero-order valence-electron chi connectivity index (χ0n) is 18.7. The van der Waals surface area contributed by atoms with Crippen molar-refractivity contribution < 1.29 is 18.3 Å². The van der Waals surface area contributed by atoms with Crippen molar-refractivity contribution in [2.75, 3.05) is 55.2 Å². The highest BCUT2D eigenvalue weighted by Crippen LogP contribution is 2.27. The molecule has 0 aliphatic carbocycles. The lowest BCUT2D eigenvalue weighted by Crippen LogP contribution is -2.55. The van der Waals surface area contributed by atoms with Gasteiger partial charge >= 0.3 is 0 Å². The average molecular weight is 495 g/mol. The molecule has 2 aromatic carbocycles. The number of amides is 1. The van der Waals surface area contributed by atoms with Gasteiger partial charge in [-0.2, -0.15) is 0 Å². The lowest BCUT2D eigenvalue weighted by Gasteiger charge is -2.38. The molecule has 180 valence electrons. The summed E-state index contributed by atoms with van der Waals surface area (Å²) >= 11 is 5.98. The van der Waals surface area contributed by atoms with Gasteiger partial charge in [-0.15, -0.1) is 0 Å². The summed E-state index contributed by atoms with van der Waals surface area (Å²) < 4.78 is 26.0. The molecule has 3 rings (SSSR count). The van der Waals surface area contributed by atoms with Gasteiger partial charge in [0.05, 0.1) is 23.7 Å². The Labute approximate surface area is 200 Å². The molecule has 33 heavy (non-hydrogen) atoms. The van der Waals surface area contributed by atoms with Crippen molar-refractivity contribution in [3.63, 3.8) is 0 Å². The number of hydrogen-bond acceptors (Lipinski definition) is 6. The third kappa shape index (κ3) is 7.60. The fourth-order valence-corrected chi connectivity index (χ4v) is 4.58. The number of carbonyl (C=O) groups is 1. The summed E-state index contributed by atoms with van der Waals surface area (Å²) in [5, 5.41) is 13.1. The molecule has 0 unspecified atom stereocenters. The van der Waals surface area contributed by atoms with E-state index < -0.39 is 16.1 Å². The monoisotopic (exact) mass is 494 g/mol. The van der Waals surface area contributed by atoms with E-state index >= 15 is 0 Å². The number of aliphatic hydroxyl groups excluding tert-OH is 1. The molecule has 2 aromatic rings. The Kier molecular flexibility index (Phi) is 8.96. The van der Waals surface area contributed by atoms with Crippen molar-refractivity contribution in [2.45, 2.75) is 18.9 Å². The SMILES string of the molecule is CS(=O)(=O)Nc1ccccc1N1CCN(C(=O)[C@@H](Cc2ccc(Cl)cc2)NCCCO)CC1. The first-order valence-corrected chi connectivity index (χ1v) is 13.2. The van der Waals surface area contributed by atoms with E-state index in [9.17, 15) is 13.2 Å². The van der Waals surface area contributed by atoms with Gasteiger partial charge in [-0.25, -0.2) is 8.42 Å². The van der Waals surface area contributed by atoms with Crippen LogP contribution < -0.4 is 14.9 Å². The lowest BCUT2D eigenvalue weighted by atomic mass is 10.0. The van der Waals surface area contributed by atoms with Gasteiger partial charge < -0.3 is 20.2 Å². The van der Waals surface area contributed by atoms with E-state index in [1.165, 1.54) is 0 Å². The smallest absolute Gasteiger partial charge is 0.240 e. The summed E-state index contributed by atoms with van der Waals surface area (Å²) in [6.45, 7) is 2.87. The maximum Gasteiger partial charge on any atom is 0.240 e. The van der Waals surface area contributed by atoms with Gasteiger partial charge in [0.25, 0.3) is 0 Å². The van der Waals surface area contributed by atoms with Crippen molar-refractivity contribution in [1.29, 1.82) is 0 Å². The molecule has 1 aliphatic heterocycles. The number of nitrogens with zero attached hydrogens (tertiary/aromatic N) is 2. The average Bonchev–Trinajstić information content (AvgIpc) is 2.79. The highest BCUT2D eigenvalue weighted by atomic mass is 35.5. The van der Waals surface area contributed by atoms with Gasteiger partial charge in [-0.05, 0) is 49.2 Å². The maximum absolute atomic E-state index is 13.3. The second kappa shape index (κ2) is 11.7. The number of anilines is 2. The van der Waals surface area contributed by atoms with E-state index in [1.807, 2.05) is 41.3 Å². The summed E-state index contributed by atoms with van der Waals surface area (Å²) in [6, 6.07) is 14.3. The molecule has 1 amide bonds. The molecule has 0 saturated carbocycles. The van der Waals surface area contributed by atoms with Gasteiger partial charge in [0.2, 0.25) is 15.9 Å². The first kappa shape index (κ1) is 25.3. The van der Waals surface area contributed by atoms with Crippen LogP contribution in [0.25, 0.3) is 0 Å². The van der Waals surface area contributed by atoms with Crippen LogP contribution in [0, 0.1) is 0 Å². The van der Waals surface area contributed by atoms with E-state index in [4.69, 9.17) is 16.7 Å². The number of rotatable bonds is 10. The first-order chi connectivity index (χ1) is 15.8. The molecule has 10 heteroatoms. The van der Waals surface area contributed by atoms with Gasteiger partial charge in [-0.1, -0.05) is 35.9 Å². The third-order valence-electron chi connectivity index (χ3n) is 5.51. The van der Waals surface area contributed by atoms with E-state index in [0.717, 1.165) is 17.5 Å². The summed E-state index contributed by atoms with van der Waals surface area (Å²) in [5.74, 6) is 0.0186. The van der Waals surface area contributed by atoms with E-state index in [-0.39, 0.29) is 12.5 Å². The number of benzene rings is 2. The quantitative estimate of drug-likeness (QED) is 0.436. The number of sulfonamides is 1. The third-order valence-corrected chi connectivity index (χ3v) is 6.35. The van der Waals surface area contributed by atoms with Crippen LogP contribution >= 0.6 is 11.6 Å². The Morgan fingerprint density at radius 3 is 2.39 bits per heavy atom. The normalized spacial score (nSPS) is 15.4. The van der Waals surface area contributed by atoms with Crippen molar-refractivity contribution in [3.8, 4) is 0 Å². The molecular formula is C23H31ClN4O4S. The van der Waals surface area contributed by atoms with Gasteiger partial charge in [0.15, 0.2) is 0 Å². The van der Waals surface area contributed by atoms with Crippen LogP contribution in [0.4, 0.5) is 11.4 Å². The van der Waals surface area contributed by atoms with Crippen molar-refractivity contribution >= 4 is 38.9 Å². The predicted molar refractivity (Wildman–Crippen MR) is 132 cm³/mol. The summed E-state index contributed by atoms with van der Waals surface area (Å²) in [6.07, 6.45) is 2.23. The molecule has 0 radical (unpaired) electrons. The second-order valence-electron chi connectivity index (χ2n) is 8.12. The minimum absolute atomic E-state index is 0.0186. The number of para-hydroxylation sites is 2. The minimum atomic E-state index is -3.39. The predicted octanol–water partition coefficient (Wildman–Crippen LogP) is 1.94. The number of aliphatic hydroxyl groups is 1. The Morgan fingerprint density at radius 1 is 1.09 bits per heavy atom. The van der Waals surface area contributed by atoms with E-state index in [1.54, 1.807) is 12.1 Å². The lowest BCUT2D eigenvalue weighted by molar-refractivity contribution is -0.133. The molecule has 0 spiro atoms. The van der Waals surface area contributed by atoms with Gasteiger partial charge in [0, 0.05) is 37.8 Å². The molecule has 1 aliphatic rings. The number of halogens is 1. The fraction of sp³-hybridized carbons (Fsp3) is 0.435. The Balaban J connectivity index is 1.66. The van der Waals surface area contributed by atoms with Crippen molar-refractivity contribution in [3.05, 3.63) is 59.1 Å². The number of piperazine rings is 1. The molecule has 1 atom stereocenters. The highest BCUT2D eigenvalue weighted by molar-refractivity contribution is 7.92. The first-order valence-electron chi connectivity index (χ1n) is 11.0. The summed E-state index contributed by atoms with van der Waals surface area (Å²) in [4.78, 5) is 17.3. The van der Waals surface area contributed by atoms with Gasteiger partial charge in [0.1, 0.15) is 0 Å². The second-order valence-corrected chi connectivity index (χ2v) is 10.3. The van der Waals surface area contributed by atoms with Crippen LogP contribution in [0.15, 0.2) is 48.5 Å². The minimum Gasteiger partial charge on any atom is -0.396 e. The summed E-state index contributed by atoms with van der Waals surface area (Å²) in [5.41, 5.74) is 2.34. The highest BCUT2D eigenvalue weighted by Gasteiger charge is 2.28. The van der Waals surface area contributed by atoms with E-state index in [0.29, 0.717) is 56.3 Å². The molecule has 1 fully saturated rings. The van der Waals surface area contributed by atoms with E-state index in [2.05, 4.69) is 14.9 Å². The Hall–Kier alpha value is -2.33. The maximum atomic E-state index is 13.3.